The van der Waals surface area contributed by atoms with Crippen molar-refractivity contribution in [3.63, 3.8) is 0 Å². The number of rotatable bonds is 2. The molecular formula is C13H16Cl2N2O. The second kappa shape index (κ2) is 5.91. The normalized spacial score (nSPS) is 16.6. The van der Waals surface area contributed by atoms with Gasteiger partial charge >= 0.3 is 0 Å². The number of carbonyl (C=O) groups excluding carboxylic acids is 1. The van der Waals surface area contributed by atoms with Crippen molar-refractivity contribution in [2.75, 3.05) is 20.1 Å². The highest BCUT2D eigenvalue weighted by molar-refractivity contribution is 6.36. The SMILES string of the molecule is CN(C(=O)c1ccc(Cl)cc1Cl)C1CCNCC1. The van der Waals surface area contributed by atoms with E-state index >= 15 is 0 Å². The monoisotopic (exact) mass is 286 g/mol. The number of piperidine rings is 1. The van der Waals surface area contributed by atoms with E-state index in [-0.39, 0.29) is 11.9 Å². The highest BCUT2D eigenvalue weighted by Gasteiger charge is 2.24. The van der Waals surface area contributed by atoms with Gasteiger partial charge in [0.1, 0.15) is 0 Å². The summed E-state index contributed by atoms with van der Waals surface area (Å²) in [4.78, 5) is 14.1. The molecule has 18 heavy (non-hydrogen) atoms. The van der Waals surface area contributed by atoms with E-state index in [0.29, 0.717) is 15.6 Å². The number of hydrogen-bond acceptors (Lipinski definition) is 2. The molecule has 0 spiro atoms. The molecule has 0 radical (unpaired) electrons. The topological polar surface area (TPSA) is 32.3 Å². The highest BCUT2D eigenvalue weighted by atomic mass is 35.5. The Hall–Kier alpha value is -0.770. The first kappa shape index (κ1) is 13.7. The molecule has 1 heterocycles. The Morgan fingerprint density at radius 1 is 1.33 bits per heavy atom. The van der Waals surface area contributed by atoms with Crippen molar-refractivity contribution in [2.24, 2.45) is 0 Å². The molecule has 0 atom stereocenters. The smallest absolute Gasteiger partial charge is 0.255 e. The van der Waals surface area contributed by atoms with Gasteiger partial charge < -0.3 is 10.2 Å². The number of nitrogens with zero attached hydrogens (tertiary/aromatic N) is 1. The summed E-state index contributed by atoms with van der Waals surface area (Å²) in [6.45, 7) is 1.91. The van der Waals surface area contributed by atoms with Gasteiger partial charge in [-0.2, -0.15) is 0 Å². The quantitative estimate of drug-likeness (QED) is 0.907. The summed E-state index contributed by atoms with van der Waals surface area (Å²) >= 11 is 11.9. The third-order valence-electron chi connectivity index (χ3n) is 3.34. The predicted octanol–water partition coefficient (Wildman–Crippen LogP) is 2.82. The molecule has 1 aliphatic heterocycles. The zero-order chi connectivity index (χ0) is 13.1. The summed E-state index contributed by atoms with van der Waals surface area (Å²) in [5.41, 5.74) is 0.516. The van der Waals surface area contributed by atoms with Crippen LogP contribution in [-0.2, 0) is 0 Å². The fourth-order valence-corrected chi connectivity index (χ4v) is 2.70. The first-order valence-corrected chi connectivity index (χ1v) is 6.78. The summed E-state index contributed by atoms with van der Waals surface area (Å²) in [5.74, 6) is -0.0384. The van der Waals surface area contributed by atoms with Crippen molar-refractivity contribution in [1.29, 1.82) is 0 Å². The standard InChI is InChI=1S/C13H16Cl2N2O/c1-17(10-4-6-16-7-5-10)13(18)11-3-2-9(14)8-12(11)15/h2-3,8,10,16H,4-7H2,1H3. The second-order valence-corrected chi connectivity index (χ2v) is 5.37. The average Bonchev–Trinajstić information content (AvgIpc) is 2.38. The van der Waals surface area contributed by atoms with E-state index in [1.165, 1.54) is 0 Å². The number of nitrogens with one attached hydrogen (secondary N) is 1. The highest BCUT2D eigenvalue weighted by Crippen LogP contribution is 2.23. The number of hydrogen-bond donors (Lipinski definition) is 1. The van der Waals surface area contributed by atoms with Gasteiger partial charge in [0.25, 0.3) is 5.91 Å². The average molecular weight is 287 g/mol. The summed E-state index contributed by atoms with van der Waals surface area (Å²) in [6, 6.07) is 5.26. The fraction of sp³-hybridized carbons (Fsp3) is 0.462. The van der Waals surface area contributed by atoms with Crippen molar-refractivity contribution in [2.45, 2.75) is 18.9 Å². The number of halogens is 2. The van der Waals surface area contributed by atoms with Gasteiger partial charge in [0.05, 0.1) is 10.6 Å². The van der Waals surface area contributed by atoms with Crippen LogP contribution in [0.25, 0.3) is 0 Å². The first-order chi connectivity index (χ1) is 8.59. The maximum atomic E-state index is 12.4. The summed E-state index contributed by atoms with van der Waals surface area (Å²) in [5, 5.41) is 4.24. The maximum Gasteiger partial charge on any atom is 0.255 e. The van der Waals surface area contributed by atoms with E-state index < -0.39 is 0 Å². The van der Waals surface area contributed by atoms with E-state index in [9.17, 15) is 4.79 Å². The third-order valence-corrected chi connectivity index (χ3v) is 3.89. The van der Waals surface area contributed by atoms with E-state index in [0.717, 1.165) is 25.9 Å². The molecule has 0 unspecified atom stereocenters. The Morgan fingerprint density at radius 2 is 2.00 bits per heavy atom. The third kappa shape index (κ3) is 2.97. The Labute approximate surface area is 117 Å². The van der Waals surface area contributed by atoms with Crippen LogP contribution in [0.1, 0.15) is 23.2 Å². The van der Waals surface area contributed by atoms with Crippen LogP contribution in [-0.4, -0.2) is 37.0 Å². The molecule has 2 rings (SSSR count). The van der Waals surface area contributed by atoms with Gasteiger partial charge in [-0.25, -0.2) is 0 Å². The lowest BCUT2D eigenvalue weighted by molar-refractivity contribution is 0.0703. The van der Waals surface area contributed by atoms with Crippen LogP contribution >= 0.6 is 23.2 Å². The molecule has 0 aromatic heterocycles. The van der Waals surface area contributed by atoms with Crippen LogP contribution in [0, 0.1) is 0 Å². The second-order valence-electron chi connectivity index (χ2n) is 4.52. The van der Waals surface area contributed by atoms with E-state index in [4.69, 9.17) is 23.2 Å². The molecule has 0 bridgehead atoms. The van der Waals surface area contributed by atoms with E-state index in [1.54, 1.807) is 23.1 Å². The zero-order valence-electron chi connectivity index (χ0n) is 10.2. The lowest BCUT2D eigenvalue weighted by Gasteiger charge is -2.31. The van der Waals surface area contributed by atoms with Gasteiger partial charge in [0, 0.05) is 18.1 Å². The fourth-order valence-electron chi connectivity index (χ4n) is 2.21. The van der Waals surface area contributed by atoms with Crippen LogP contribution in [0.3, 0.4) is 0 Å². The maximum absolute atomic E-state index is 12.4. The summed E-state index contributed by atoms with van der Waals surface area (Å²) < 4.78 is 0. The molecule has 1 amide bonds. The van der Waals surface area contributed by atoms with Crippen molar-refractivity contribution < 1.29 is 4.79 Å². The number of benzene rings is 1. The molecule has 1 aromatic rings. The van der Waals surface area contributed by atoms with Crippen molar-refractivity contribution in [1.82, 2.24) is 10.2 Å². The van der Waals surface area contributed by atoms with Gasteiger partial charge in [-0.05, 0) is 44.1 Å². The van der Waals surface area contributed by atoms with Gasteiger partial charge in [-0.3, -0.25) is 4.79 Å². The Morgan fingerprint density at radius 3 is 2.61 bits per heavy atom. The molecule has 5 heteroatoms. The van der Waals surface area contributed by atoms with Gasteiger partial charge in [-0.15, -0.1) is 0 Å². The number of carbonyl (C=O) groups is 1. The van der Waals surface area contributed by atoms with E-state index in [2.05, 4.69) is 5.32 Å². The Balaban J connectivity index is 2.14. The lowest BCUT2D eigenvalue weighted by Crippen LogP contribution is -2.44. The van der Waals surface area contributed by atoms with Crippen LogP contribution in [0.2, 0.25) is 10.0 Å². The van der Waals surface area contributed by atoms with Crippen molar-refractivity contribution in [3.05, 3.63) is 33.8 Å². The predicted molar refractivity (Wildman–Crippen MR) is 74.4 cm³/mol. The molecule has 1 aliphatic rings. The van der Waals surface area contributed by atoms with Gasteiger partial charge in [0.2, 0.25) is 0 Å². The molecule has 98 valence electrons. The van der Waals surface area contributed by atoms with Crippen molar-refractivity contribution in [3.8, 4) is 0 Å². The molecule has 1 aromatic carbocycles. The van der Waals surface area contributed by atoms with Gasteiger partial charge in [-0.1, -0.05) is 23.2 Å². The minimum atomic E-state index is -0.0384. The molecule has 3 nitrogen and oxygen atoms in total. The van der Waals surface area contributed by atoms with Crippen LogP contribution in [0.5, 0.6) is 0 Å². The van der Waals surface area contributed by atoms with Crippen LogP contribution in [0.15, 0.2) is 18.2 Å². The molecule has 0 saturated carbocycles. The Bertz CT molecular complexity index is 445. The minimum Gasteiger partial charge on any atom is -0.339 e. The molecular weight excluding hydrogens is 271 g/mol. The largest absolute Gasteiger partial charge is 0.339 e. The van der Waals surface area contributed by atoms with Crippen molar-refractivity contribution >= 4 is 29.1 Å². The van der Waals surface area contributed by atoms with Crippen LogP contribution < -0.4 is 5.32 Å². The minimum absolute atomic E-state index is 0.0384. The summed E-state index contributed by atoms with van der Waals surface area (Å²) in [6.07, 6.45) is 1.96. The van der Waals surface area contributed by atoms with Gasteiger partial charge in [0.15, 0.2) is 0 Å². The van der Waals surface area contributed by atoms with Crippen LogP contribution in [0.4, 0.5) is 0 Å². The lowest BCUT2D eigenvalue weighted by atomic mass is 10.0. The van der Waals surface area contributed by atoms with E-state index in [1.807, 2.05) is 7.05 Å². The molecule has 1 saturated heterocycles. The first-order valence-electron chi connectivity index (χ1n) is 6.02. The zero-order valence-corrected chi connectivity index (χ0v) is 11.8. The summed E-state index contributed by atoms with van der Waals surface area (Å²) in [7, 11) is 1.84. The molecule has 1 fully saturated rings. The molecule has 0 aliphatic carbocycles. The Kier molecular flexibility index (Phi) is 4.49. The molecule has 1 N–H and O–H groups in total. The number of amides is 1.